The third kappa shape index (κ3) is 1.80. The first-order valence-corrected chi connectivity index (χ1v) is 5.96. The third-order valence-corrected chi connectivity index (χ3v) is 3.94. The molecule has 7 nitrogen and oxygen atoms in total. The second-order valence-electron chi connectivity index (χ2n) is 4.88. The lowest BCUT2D eigenvalue weighted by Gasteiger charge is -2.24. The maximum atomic E-state index is 12.1. The molecule has 1 amide bonds. The minimum Gasteiger partial charge on any atom is -0.338 e. The zero-order valence-electron chi connectivity index (χ0n) is 9.78. The SMILES string of the molecule is CC1C2CNCC2CN1C(=O)Cn1cnnn1. The molecule has 7 heteroatoms. The molecule has 17 heavy (non-hydrogen) atoms. The molecule has 0 saturated carbocycles. The number of carbonyl (C=O) groups excluding carboxylic acids is 1. The molecule has 3 rings (SSSR count). The van der Waals surface area contributed by atoms with E-state index in [1.54, 1.807) is 0 Å². The lowest BCUT2D eigenvalue weighted by Crippen LogP contribution is -2.40. The fourth-order valence-electron chi connectivity index (χ4n) is 2.98. The van der Waals surface area contributed by atoms with Crippen molar-refractivity contribution in [1.29, 1.82) is 0 Å². The van der Waals surface area contributed by atoms with Gasteiger partial charge in [-0.25, -0.2) is 4.68 Å². The van der Waals surface area contributed by atoms with Gasteiger partial charge in [0.15, 0.2) is 0 Å². The van der Waals surface area contributed by atoms with Crippen LogP contribution in [0.5, 0.6) is 0 Å². The highest BCUT2D eigenvalue weighted by Crippen LogP contribution is 2.32. The first-order chi connectivity index (χ1) is 8.25. The third-order valence-electron chi connectivity index (χ3n) is 3.94. The molecule has 0 spiro atoms. The van der Waals surface area contributed by atoms with Crippen LogP contribution in [0.25, 0.3) is 0 Å². The lowest BCUT2D eigenvalue weighted by molar-refractivity contribution is -0.133. The van der Waals surface area contributed by atoms with Crippen LogP contribution in [-0.2, 0) is 11.3 Å². The molecule has 3 heterocycles. The first kappa shape index (κ1) is 10.6. The van der Waals surface area contributed by atoms with Crippen molar-refractivity contribution in [2.75, 3.05) is 19.6 Å². The summed E-state index contributed by atoms with van der Waals surface area (Å²) in [6.07, 6.45) is 1.47. The summed E-state index contributed by atoms with van der Waals surface area (Å²) >= 11 is 0. The van der Waals surface area contributed by atoms with Gasteiger partial charge < -0.3 is 10.2 Å². The maximum Gasteiger partial charge on any atom is 0.244 e. The highest BCUT2D eigenvalue weighted by atomic mass is 16.2. The zero-order chi connectivity index (χ0) is 11.8. The fraction of sp³-hybridized carbons (Fsp3) is 0.800. The van der Waals surface area contributed by atoms with Gasteiger partial charge in [0.25, 0.3) is 0 Å². The predicted molar refractivity (Wildman–Crippen MR) is 58.8 cm³/mol. The second kappa shape index (κ2) is 4.06. The van der Waals surface area contributed by atoms with Crippen LogP contribution in [0.2, 0.25) is 0 Å². The summed E-state index contributed by atoms with van der Waals surface area (Å²) in [4.78, 5) is 14.1. The Kier molecular flexibility index (Phi) is 2.54. The number of amides is 1. The van der Waals surface area contributed by atoms with Gasteiger partial charge in [-0.3, -0.25) is 4.79 Å². The molecule has 2 fully saturated rings. The average molecular weight is 236 g/mol. The first-order valence-electron chi connectivity index (χ1n) is 5.96. The minimum atomic E-state index is 0.110. The van der Waals surface area contributed by atoms with Crippen molar-refractivity contribution >= 4 is 5.91 Å². The molecular formula is C10H16N6O. The van der Waals surface area contributed by atoms with Crippen LogP contribution in [0.4, 0.5) is 0 Å². The molecule has 3 atom stereocenters. The largest absolute Gasteiger partial charge is 0.338 e. The Morgan fingerprint density at radius 1 is 1.53 bits per heavy atom. The van der Waals surface area contributed by atoms with Gasteiger partial charge in [0, 0.05) is 25.7 Å². The van der Waals surface area contributed by atoms with Crippen molar-refractivity contribution in [1.82, 2.24) is 30.4 Å². The second-order valence-corrected chi connectivity index (χ2v) is 4.88. The number of hydrogen-bond donors (Lipinski definition) is 1. The van der Waals surface area contributed by atoms with Crippen molar-refractivity contribution in [2.24, 2.45) is 11.8 Å². The summed E-state index contributed by atoms with van der Waals surface area (Å²) in [6.45, 7) is 5.29. The number of carbonyl (C=O) groups is 1. The van der Waals surface area contributed by atoms with E-state index in [0.717, 1.165) is 19.6 Å². The van der Waals surface area contributed by atoms with E-state index in [1.165, 1.54) is 11.0 Å². The monoisotopic (exact) mass is 236 g/mol. The Hall–Kier alpha value is -1.50. The van der Waals surface area contributed by atoms with E-state index in [1.807, 2.05) is 4.90 Å². The summed E-state index contributed by atoms with van der Waals surface area (Å²) in [7, 11) is 0. The Morgan fingerprint density at radius 3 is 3.12 bits per heavy atom. The van der Waals surface area contributed by atoms with Gasteiger partial charge in [-0.15, -0.1) is 5.10 Å². The van der Waals surface area contributed by atoms with E-state index >= 15 is 0 Å². The average Bonchev–Trinajstić information content (AvgIpc) is 2.97. The van der Waals surface area contributed by atoms with Crippen LogP contribution < -0.4 is 5.32 Å². The fourth-order valence-corrected chi connectivity index (χ4v) is 2.98. The summed E-state index contributed by atoms with van der Waals surface area (Å²) in [6, 6.07) is 0.319. The highest BCUT2D eigenvalue weighted by Gasteiger charge is 2.43. The number of fused-ring (bicyclic) bond motifs is 1. The van der Waals surface area contributed by atoms with Gasteiger partial charge in [-0.1, -0.05) is 0 Å². The summed E-state index contributed by atoms with van der Waals surface area (Å²) in [5.41, 5.74) is 0. The van der Waals surface area contributed by atoms with Crippen molar-refractivity contribution < 1.29 is 4.79 Å². The molecule has 2 aliphatic heterocycles. The number of likely N-dealkylation sites (tertiary alicyclic amines) is 1. The normalized spacial score (nSPS) is 31.8. The molecule has 2 aliphatic rings. The molecule has 1 aromatic heterocycles. The highest BCUT2D eigenvalue weighted by molar-refractivity contribution is 5.76. The molecule has 92 valence electrons. The minimum absolute atomic E-state index is 0.110. The van der Waals surface area contributed by atoms with Crippen LogP contribution in [0.1, 0.15) is 6.92 Å². The molecular weight excluding hydrogens is 220 g/mol. The van der Waals surface area contributed by atoms with Crippen molar-refractivity contribution in [3.63, 3.8) is 0 Å². The van der Waals surface area contributed by atoms with E-state index in [4.69, 9.17) is 0 Å². The number of hydrogen-bond acceptors (Lipinski definition) is 5. The number of nitrogens with zero attached hydrogens (tertiary/aromatic N) is 5. The van der Waals surface area contributed by atoms with Crippen LogP contribution in [0, 0.1) is 11.8 Å². The molecule has 0 aromatic carbocycles. The lowest BCUT2D eigenvalue weighted by atomic mass is 9.95. The Morgan fingerprint density at radius 2 is 2.41 bits per heavy atom. The number of aromatic nitrogens is 4. The van der Waals surface area contributed by atoms with Gasteiger partial charge in [0.1, 0.15) is 12.9 Å². The molecule has 0 bridgehead atoms. The van der Waals surface area contributed by atoms with Gasteiger partial charge in [0.2, 0.25) is 5.91 Å². The van der Waals surface area contributed by atoms with Crippen LogP contribution >= 0.6 is 0 Å². The van der Waals surface area contributed by atoms with Crippen LogP contribution in [0.15, 0.2) is 6.33 Å². The van der Waals surface area contributed by atoms with Crippen LogP contribution in [-0.4, -0.2) is 56.7 Å². The number of nitrogens with one attached hydrogen (secondary N) is 1. The number of rotatable bonds is 2. The standard InChI is InChI=1S/C10H16N6O/c1-7-9-3-11-2-8(9)4-16(7)10(17)5-15-6-12-13-14-15/h6-9,11H,2-5H2,1H3. The van der Waals surface area contributed by atoms with E-state index < -0.39 is 0 Å². The molecule has 3 unspecified atom stereocenters. The van der Waals surface area contributed by atoms with Gasteiger partial charge in [0.05, 0.1) is 0 Å². The summed E-state index contributed by atoms with van der Waals surface area (Å²) in [5.74, 6) is 1.33. The Labute approximate surface area is 99.2 Å². The van der Waals surface area contributed by atoms with E-state index in [9.17, 15) is 4.79 Å². The predicted octanol–water partition coefficient (Wildman–Crippen LogP) is -1.26. The zero-order valence-corrected chi connectivity index (χ0v) is 9.78. The van der Waals surface area contributed by atoms with Crippen LogP contribution in [0.3, 0.4) is 0 Å². The van der Waals surface area contributed by atoms with Crippen molar-refractivity contribution in [3.8, 4) is 0 Å². The van der Waals surface area contributed by atoms with Crippen molar-refractivity contribution in [2.45, 2.75) is 19.5 Å². The van der Waals surface area contributed by atoms with Gasteiger partial charge in [-0.05, 0) is 29.2 Å². The molecule has 2 saturated heterocycles. The Bertz CT molecular complexity index is 405. The molecule has 1 aromatic rings. The van der Waals surface area contributed by atoms with Gasteiger partial charge >= 0.3 is 0 Å². The molecule has 0 radical (unpaired) electrons. The van der Waals surface area contributed by atoms with Crippen molar-refractivity contribution in [3.05, 3.63) is 6.33 Å². The topological polar surface area (TPSA) is 75.9 Å². The van der Waals surface area contributed by atoms with Gasteiger partial charge in [-0.2, -0.15) is 0 Å². The quantitative estimate of drug-likeness (QED) is 0.693. The number of tetrazole rings is 1. The van der Waals surface area contributed by atoms with E-state index in [0.29, 0.717) is 17.9 Å². The smallest absolute Gasteiger partial charge is 0.244 e. The van der Waals surface area contributed by atoms with E-state index in [2.05, 4.69) is 27.8 Å². The summed E-state index contributed by atoms with van der Waals surface area (Å²) < 4.78 is 1.47. The maximum absolute atomic E-state index is 12.1. The molecule has 1 N–H and O–H groups in total. The summed E-state index contributed by atoms with van der Waals surface area (Å²) in [5, 5.41) is 14.2. The van der Waals surface area contributed by atoms with E-state index in [-0.39, 0.29) is 12.5 Å². The molecule has 0 aliphatic carbocycles. The Balaban J connectivity index is 1.67.